The van der Waals surface area contributed by atoms with Gasteiger partial charge >= 0.3 is 0 Å². The molecule has 0 bridgehead atoms. The van der Waals surface area contributed by atoms with Gasteiger partial charge in [-0.05, 0) is 31.5 Å². The van der Waals surface area contributed by atoms with E-state index in [0.717, 1.165) is 10.0 Å². The van der Waals surface area contributed by atoms with E-state index < -0.39 is 11.5 Å². The van der Waals surface area contributed by atoms with E-state index in [0.29, 0.717) is 0 Å². The van der Waals surface area contributed by atoms with Gasteiger partial charge < -0.3 is 5.11 Å². The summed E-state index contributed by atoms with van der Waals surface area (Å²) >= 11 is 3.33. The highest BCUT2D eigenvalue weighted by atomic mass is 79.9. The van der Waals surface area contributed by atoms with Crippen molar-refractivity contribution in [1.29, 1.82) is 0 Å². The molecule has 0 aromatic heterocycles. The first-order valence-corrected chi connectivity index (χ1v) is 5.50. The second-order valence-electron chi connectivity index (χ2n) is 3.81. The third kappa shape index (κ3) is 4.12. The molecular weight excluding hydrogens is 272 g/mol. The Balaban J connectivity index is 2.59. The van der Waals surface area contributed by atoms with Crippen molar-refractivity contribution in [1.82, 2.24) is 5.43 Å². The van der Waals surface area contributed by atoms with E-state index >= 15 is 0 Å². The number of hydrogen-bond acceptors (Lipinski definition) is 3. The van der Waals surface area contributed by atoms with Gasteiger partial charge in [0.25, 0.3) is 5.91 Å². The largest absolute Gasteiger partial charge is 0.381 e. The van der Waals surface area contributed by atoms with E-state index in [1.54, 1.807) is 0 Å². The summed E-state index contributed by atoms with van der Waals surface area (Å²) in [5, 5.41) is 13.1. The molecule has 2 N–H and O–H groups in total. The zero-order chi connectivity index (χ0) is 12.2. The highest BCUT2D eigenvalue weighted by Crippen LogP contribution is 2.09. The lowest BCUT2D eigenvalue weighted by molar-refractivity contribution is -0.136. The van der Waals surface area contributed by atoms with Gasteiger partial charge in [-0.3, -0.25) is 4.79 Å². The van der Waals surface area contributed by atoms with E-state index in [1.165, 1.54) is 20.1 Å². The monoisotopic (exact) mass is 284 g/mol. The minimum absolute atomic E-state index is 0.543. The second kappa shape index (κ2) is 5.23. The Hall–Kier alpha value is -1.20. The lowest BCUT2D eigenvalue weighted by Gasteiger charge is -2.13. The molecule has 1 rings (SSSR count). The Morgan fingerprint density at radius 1 is 1.56 bits per heavy atom. The average Bonchev–Trinajstić information content (AvgIpc) is 2.16. The van der Waals surface area contributed by atoms with Crippen LogP contribution in [0.15, 0.2) is 33.8 Å². The second-order valence-corrected chi connectivity index (χ2v) is 4.73. The number of carbonyl (C=O) groups excluding carboxylic acids is 1. The van der Waals surface area contributed by atoms with Gasteiger partial charge in [-0.2, -0.15) is 5.10 Å². The summed E-state index contributed by atoms with van der Waals surface area (Å²) in [6.07, 6.45) is 1.51. The molecule has 0 spiro atoms. The van der Waals surface area contributed by atoms with Gasteiger partial charge in [0, 0.05) is 4.47 Å². The molecule has 5 heteroatoms. The maximum atomic E-state index is 11.2. The summed E-state index contributed by atoms with van der Waals surface area (Å²) in [7, 11) is 0. The zero-order valence-electron chi connectivity index (χ0n) is 9.07. The van der Waals surface area contributed by atoms with Crippen LogP contribution in [0.25, 0.3) is 0 Å². The molecule has 0 aliphatic heterocycles. The molecule has 1 amide bonds. The lowest BCUT2D eigenvalue weighted by atomic mass is 10.1. The van der Waals surface area contributed by atoms with Crippen LogP contribution in [-0.4, -0.2) is 22.8 Å². The third-order valence-corrected chi connectivity index (χ3v) is 2.28. The number of aliphatic hydroxyl groups is 1. The first kappa shape index (κ1) is 12.9. The molecule has 4 nitrogen and oxygen atoms in total. The Labute approximate surface area is 102 Å². The van der Waals surface area contributed by atoms with Crippen molar-refractivity contribution < 1.29 is 9.90 Å². The molecule has 86 valence electrons. The highest BCUT2D eigenvalue weighted by Gasteiger charge is 2.22. The number of benzene rings is 1. The van der Waals surface area contributed by atoms with Crippen LogP contribution in [0.1, 0.15) is 19.4 Å². The van der Waals surface area contributed by atoms with Crippen molar-refractivity contribution in [2.75, 3.05) is 0 Å². The molecule has 0 aliphatic carbocycles. The van der Waals surface area contributed by atoms with Crippen LogP contribution in [0.2, 0.25) is 0 Å². The summed E-state index contributed by atoms with van der Waals surface area (Å²) in [5.41, 5.74) is 1.69. The fourth-order valence-electron chi connectivity index (χ4n) is 0.889. The molecule has 1 aromatic carbocycles. The number of hydrazone groups is 1. The summed E-state index contributed by atoms with van der Waals surface area (Å²) in [6, 6.07) is 7.47. The van der Waals surface area contributed by atoms with Crippen LogP contribution in [0.5, 0.6) is 0 Å². The summed E-state index contributed by atoms with van der Waals surface area (Å²) in [4.78, 5) is 11.2. The number of halogens is 1. The quantitative estimate of drug-likeness (QED) is 0.655. The molecule has 0 saturated heterocycles. The molecular formula is C11H13BrN2O2. The van der Waals surface area contributed by atoms with Crippen molar-refractivity contribution in [2.24, 2.45) is 5.10 Å². The van der Waals surface area contributed by atoms with Gasteiger partial charge in [0.15, 0.2) is 0 Å². The lowest BCUT2D eigenvalue weighted by Crippen LogP contribution is -2.39. The van der Waals surface area contributed by atoms with Gasteiger partial charge in [-0.1, -0.05) is 28.1 Å². The maximum Gasteiger partial charge on any atom is 0.271 e. The standard InChI is InChI=1S/C11H13BrN2O2/c1-11(2,16)10(15)14-13-7-8-4-3-5-9(12)6-8/h3-7,16H,1-2H3,(H,14,15). The van der Waals surface area contributed by atoms with Gasteiger partial charge in [-0.15, -0.1) is 0 Å². The highest BCUT2D eigenvalue weighted by molar-refractivity contribution is 9.10. The topological polar surface area (TPSA) is 61.7 Å². The number of nitrogens with one attached hydrogen (secondary N) is 1. The van der Waals surface area contributed by atoms with Crippen molar-refractivity contribution in [2.45, 2.75) is 19.4 Å². The maximum absolute atomic E-state index is 11.2. The minimum atomic E-state index is -1.42. The third-order valence-electron chi connectivity index (χ3n) is 1.78. The molecule has 0 aliphatic rings. The van der Waals surface area contributed by atoms with E-state index in [9.17, 15) is 9.90 Å². The fraction of sp³-hybridized carbons (Fsp3) is 0.273. The van der Waals surface area contributed by atoms with E-state index in [4.69, 9.17) is 0 Å². The summed E-state index contributed by atoms with van der Waals surface area (Å²) in [6.45, 7) is 2.80. The first-order chi connectivity index (χ1) is 7.39. The SMILES string of the molecule is CC(C)(O)C(=O)NN=Cc1cccc(Br)c1. The van der Waals surface area contributed by atoms with Crippen LogP contribution in [0.4, 0.5) is 0 Å². The average molecular weight is 285 g/mol. The molecule has 16 heavy (non-hydrogen) atoms. The van der Waals surface area contributed by atoms with Crippen LogP contribution in [0, 0.1) is 0 Å². The van der Waals surface area contributed by atoms with Gasteiger partial charge in [0.05, 0.1) is 6.21 Å². The predicted octanol–water partition coefficient (Wildman–Crippen LogP) is 1.67. The van der Waals surface area contributed by atoms with Gasteiger partial charge in [0.2, 0.25) is 0 Å². The molecule has 0 saturated carbocycles. The number of hydrogen-bond donors (Lipinski definition) is 2. The predicted molar refractivity (Wildman–Crippen MR) is 66.2 cm³/mol. The molecule has 0 fully saturated rings. The van der Waals surface area contributed by atoms with Crippen molar-refractivity contribution in [3.8, 4) is 0 Å². The molecule has 0 unspecified atom stereocenters. The number of carbonyl (C=O) groups is 1. The van der Waals surface area contributed by atoms with Crippen molar-refractivity contribution in [3.05, 3.63) is 34.3 Å². The summed E-state index contributed by atoms with van der Waals surface area (Å²) < 4.78 is 0.935. The Morgan fingerprint density at radius 3 is 2.81 bits per heavy atom. The molecule has 0 atom stereocenters. The smallest absolute Gasteiger partial charge is 0.271 e. The molecule has 1 aromatic rings. The normalized spacial score (nSPS) is 11.8. The Kier molecular flexibility index (Phi) is 4.20. The van der Waals surface area contributed by atoms with E-state index in [2.05, 4.69) is 26.5 Å². The van der Waals surface area contributed by atoms with Gasteiger partial charge in [0.1, 0.15) is 5.60 Å². The fourth-order valence-corrected chi connectivity index (χ4v) is 1.31. The van der Waals surface area contributed by atoms with E-state index in [-0.39, 0.29) is 0 Å². The number of nitrogens with zero attached hydrogens (tertiary/aromatic N) is 1. The number of amides is 1. The van der Waals surface area contributed by atoms with E-state index in [1.807, 2.05) is 24.3 Å². The van der Waals surface area contributed by atoms with Gasteiger partial charge in [-0.25, -0.2) is 5.43 Å². The van der Waals surface area contributed by atoms with Crippen molar-refractivity contribution in [3.63, 3.8) is 0 Å². The Bertz CT molecular complexity index is 411. The van der Waals surface area contributed by atoms with Crippen LogP contribution < -0.4 is 5.43 Å². The Morgan fingerprint density at radius 2 is 2.25 bits per heavy atom. The van der Waals surface area contributed by atoms with Crippen LogP contribution >= 0.6 is 15.9 Å². The minimum Gasteiger partial charge on any atom is -0.381 e. The molecule has 0 radical (unpaired) electrons. The zero-order valence-corrected chi connectivity index (χ0v) is 10.7. The molecule has 0 heterocycles. The number of rotatable bonds is 3. The first-order valence-electron chi connectivity index (χ1n) is 4.71. The van der Waals surface area contributed by atoms with Crippen molar-refractivity contribution >= 4 is 28.1 Å². The van der Waals surface area contributed by atoms with Crippen LogP contribution in [0.3, 0.4) is 0 Å². The summed E-state index contributed by atoms with van der Waals surface area (Å²) in [5.74, 6) is -0.543. The van der Waals surface area contributed by atoms with Crippen LogP contribution in [-0.2, 0) is 4.79 Å².